The minimum absolute atomic E-state index is 0.00519. The van der Waals surface area contributed by atoms with Gasteiger partial charge in [0.1, 0.15) is 5.60 Å². The number of hydrogen-bond acceptors (Lipinski definition) is 4. The number of ether oxygens (including phenoxy) is 2. The SMILES string of the molecule is CN(CCCNC(=O)COc1cccc2c1OC(C)(C)C2)c1ccccc1. The number of fused-ring (bicyclic) bond motifs is 1. The highest BCUT2D eigenvalue weighted by Crippen LogP contribution is 2.41. The maximum Gasteiger partial charge on any atom is 0.257 e. The van der Waals surface area contributed by atoms with E-state index in [-0.39, 0.29) is 18.1 Å². The lowest BCUT2D eigenvalue weighted by Gasteiger charge is -2.19. The summed E-state index contributed by atoms with van der Waals surface area (Å²) in [7, 11) is 2.05. The number of benzene rings is 2. The molecule has 0 saturated carbocycles. The summed E-state index contributed by atoms with van der Waals surface area (Å²) in [4.78, 5) is 14.2. The highest BCUT2D eigenvalue weighted by molar-refractivity contribution is 5.77. The lowest BCUT2D eigenvalue weighted by atomic mass is 10.0. The van der Waals surface area contributed by atoms with Crippen LogP contribution in [0.15, 0.2) is 48.5 Å². The van der Waals surface area contributed by atoms with Crippen LogP contribution in [0.3, 0.4) is 0 Å². The number of para-hydroxylation sites is 2. The van der Waals surface area contributed by atoms with Crippen molar-refractivity contribution >= 4 is 11.6 Å². The van der Waals surface area contributed by atoms with Crippen LogP contribution < -0.4 is 19.7 Å². The summed E-state index contributed by atoms with van der Waals surface area (Å²) < 4.78 is 11.7. The van der Waals surface area contributed by atoms with Crippen molar-refractivity contribution < 1.29 is 14.3 Å². The van der Waals surface area contributed by atoms with E-state index in [2.05, 4.69) is 43.2 Å². The second kappa shape index (κ2) is 8.33. The summed E-state index contributed by atoms with van der Waals surface area (Å²) in [6.07, 6.45) is 1.72. The summed E-state index contributed by atoms with van der Waals surface area (Å²) in [5, 5.41) is 2.91. The van der Waals surface area contributed by atoms with Crippen molar-refractivity contribution in [2.75, 3.05) is 31.6 Å². The molecule has 0 radical (unpaired) electrons. The molecule has 1 aliphatic heterocycles. The van der Waals surface area contributed by atoms with E-state index in [1.54, 1.807) is 0 Å². The maximum absolute atomic E-state index is 12.1. The predicted molar refractivity (Wildman–Crippen MR) is 108 cm³/mol. The Morgan fingerprint density at radius 2 is 1.96 bits per heavy atom. The number of amides is 1. The van der Waals surface area contributed by atoms with Crippen LogP contribution in [0.5, 0.6) is 11.5 Å². The van der Waals surface area contributed by atoms with Crippen LogP contribution in [-0.2, 0) is 11.2 Å². The molecule has 0 fully saturated rings. The minimum atomic E-state index is -0.227. The molecule has 1 N–H and O–H groups in total. The van der Waals surface area contributed by atoms with Gasteiger partial charge in [0.2, 0.25) is 0 Å². The molecule has 1 heterocycles. The number of carbonyl (C=O) groups excluding carboxylic acids is 1. The van der Waals surface area contributed by atoms with Gasteiger partial charge in [-0.3, -0.25) is 4.79 Å². The fourth-order valence-electron chi connectivity index (χ4n) is 3.25. The molecule has 2 aromatic carbocycles. The average molecular weight is 368 g/mol. The van der Waals surface area contributed by atoms with Crippen molar-refractivity contribution in [2.24, 2.45) is 0 Å². The van der Waals surface area contributed by atoms with Gasteiger partial charge in [0.05, 0.1) is 0 Å². The molecule has 3 rings (SSSR count). The van der Waals surface area contributed by atoms with Gasteiger partial charge < -0.3 is 19.7 Å². The van der Waals surface area contributed by atoms with E-state index >= 15 is 0 Å². The molecule has 0 unspecified atom stereocenters. The monoisotopic (exact) mass is 368 g/mol. The van der Waals surface area contributed by atoms with Gasteiger partial charge in [-0.25, -0.2) is 0 Å². The lowest BCUT2D eigenvalue weighted by Crippen LogP contribution is -2.31. The second-order valence-corrected chi connectivity index (χ2v) is 7.53. The highest BCUT2D eigenvalue weighted by Gasteiger charge is 2.32. The van der Waals surface area contributed by atoms with Gasteiger partial charge in [0.25, 0.3) is 5.91 Å². The standard InChI is InChI=1S/C22H28N2O3/c1-22(2)15-17-9-7-12-19(21(17)27-22)26-16-20(25)23-13-8-14-24(3)18-10-5-4-6-11-18/h4-7,9-12H,8,13-16H2,1-3H3,(H,23,25). The van der Waals surface area contributed by atoms with Crippen LogP contribution in [0, 0.1) is 0 Å². The van der Waals surface area contributed by atoms with Crippen molar-refractivity contribution in [1.29, 1.82) is 0 Å². The van der Waals surface area contributed by atoms with E-state index in [0.717, 1.165) is 30.7 Å². The van der Waals surface area contributed by atoms with Crippen LogP contribution in [0.1, 0.15) is 25.8 Å². The zero-order chi connectivity index (χ0) is 19.3. The highest BCUT2D eigenvalue weighted by atomic mass is 16.5. The first-order valence-corrected chi connectivity index (χ1v) is 9.41. The molecule has 0 aromatic heterocycles. The van der Waals surface area contributed by atoms with E-state index in [1.807, 2.05) is 36.4 Å². The van der Waals surface area contributed by atoms with Crippen molar-refractivity contribution in [2.45, 2.75) is 32.3 Å². The maximum atomic E-state index is 12.1. The van der Waals surface area contributed by atoms with Crippen molar-refractivity contribution in [3.05, 3.63) is 54.1 Å². The molecular formula is C22H28N2O3. The van der Waals surface area contributed by atoms with E-state index in [1.165, 1.54) is 5.69 Å². The molecule has 1 aliphatic rings. The third-order valence-electron chi connectivity index (χ3n) is 4.60. The van der Waals surface area contributed by atoms with Crippen molar-refractivity contribution in [1.82, 2.24) is 5.32 Å². The molecule has 2 aromatic rings. The summed E-state index contributed by atoms with van der Waals surface area (Å²) >= 11 is 0. The summed E-state index contributed by atoms with van der Waals surface area (Å²) in [6.45, 7) is 5.59. The third kappa shape index (κ3) is 5.16. The first-order valence-electron chi connectivity index (χ1n) is 9.41. The Bertz CT molecular complexity index is 774. The van der Waals surface area contributed by atoms with Gasteiger partial charge in [-0.2, -0.15) is 0 Å². The molecule has 0 spiro atoms. The Balaban J connectivity index is 1.39. The molecule has 0 aliphatic carbocycles. The van der Waals surface area contributed by atoms with E-state index in [4.69, 9.17) is 9.47 Å². The van der Waals surface area contributed by atoms with Gasteiger partial charge >= 0.3 is 0 Å². The quantitative estimate of drug-likeness (QED) is 0.726. The number of rotatable bonds is 8. The Morgan fingerprint density at radius 3 is 2.74 bits per heavy atom. The van der Waals surface area contributed by atoms with Crippen LogP contribution >= 0.6 is 0 Å². The molecule has 0 atom stereocenters. The molecule has 144 valence electrons. The van der Waals surface area contributed by atoms with Gasteiger partial charge in [-0.1, -0.05) is 30.3 Å². The van der Waals surface area contributed by atoms with Gasteiger partial charge in [-0.05, 0) is 38.5 Å². The molecular weight excluding hydrogens is 340 g/mol. The number of nitrogens with zero attached hydrogens (tertiary/aromatic N) is 1. The number of hydrogen-bond donors (Lipinski definition) is 1. The number of anilines is 1. The zero-order valence-corrected chi connectivity index (χ0v) is 16.3. The Hall–Kier alpha value is -2.69. The lowest BCUT2D eigenvalue weighted by molar-refractivity contribution is -0.123. The van der Waals surface area contributed by atoms with Crippen molar-refractivity contribution in [3.8, 4) is 11.5 Å². The molecule has 1 amide bonds. The summed E-state index contributed by atoms with van der Waals surface area (Å²) in [6, 6.07) is 16.0. The molecule has 0 saturated heterocycles. The predicted octanol–water partition coefficient (Wildman–Crippen LogP) is 3.42. The molecule has 27 heavy (non-hydrogen) atoms. The topological polar surface area (TPSA) is 50.8 Å². The number of nitrogens with one attached hydrogen (secondary N) is 1. The van der Waals surface area contributed by atoms with Crippen LogP contribution in [0.2, 0.25) is 0 Å². The Kier molecular flexibility index (Phi) is 5.89. The van der Waals surface area contributed by atoms with E-state index in [9.17, 15) is 4.79 Å². The summed E-state index contributed by atoms with van der Waals surface area (Å²) in [5.74, 6) is 1.28. The largest absolute Gasteiger partial charge is 0.483 e. The fourth-order valence-corrected chi connectivity index (χ4v) is 3.25. The van der Waals surface area contributed by atoms with E-state index in [0.29, 0.717) is 12.3 Å². The molecule has 5 nitrogen and oxygen atoms in total. The van der Waals surface area contributed by atoms with Crippen molar-refractivity contribution in [3.63, 3.8) is 0 Å². The minimum Gasteiger partial charge on any atom is -0.483 e. The Morgan fingerprint density at radius 1 is 1.19 bits per heavy atom. The Labute approximate surface area is 161 Å². The average Bonchev–Trinajstić information content (AvgIpc) is 2.98. The number of carbonyl (C=O) groups is 1. The normalized spacial score (nSPS) is 14.2. The van der Waals surface area contributed by atoms with Crippen LogP contribution in [-0.4, -0.2) is 38.3 Å². The fraction of sp³-hybridized carbons (Fsp3) is 0.409. The van der Waals surface area contributed by atoms with Crippen LogP contribution in [0.25, 0.3) is 0 Å². The molecule has 0 bridgehead atoms. The van der Waals surface area contributed by atoms with Gasteiger partial charge in [0.15, 0.2) is 18.1 Å². The molecule has 5 heteroatoms. The van der Waals surface area contributed by atoms with Gasteiger partial charge in [0, 0.05) is 37.8 Å². The first kappa shape index (κ1) is 19.1. The second-order valence-electron chi connectivity index (χ2n) is 7.53. The van der Waals surface area contributed by atoms with Gasteiger partial charge in [-0.15, -0.1) is 0 Å². The van der Waals surface area contributed by atoms with Crippen LogP contribution in [0.4, 0.5) is 5.69 Å². The first-order chi connectivity index (χ1) is 12.9. The smallest absolute Gasteiger partial charge is 0.257 e. The zero-order valence-electron chi connectivity index (χ0n) is 16.3. The third-order valence-corrected chi connectivity index (χ3v) is 4.60. The summed E-state index contributed by atoms with van der Waals surface area (Å²) in [5.41, 5.74) is 2.07. The van der Waals surface area contributed by atoms with E-state index < -0.39 is 0 Å².